The monoisotopic (exact) mass is 327 g/mol. The number of benzene rings is 1. The Morgan fingerprint density at radius 3 is 2.62 bits per heavy atom. The van der Waals surface area contributed by atoms with Gasteiger partial charge in [-0.05, 0) is 35.7 Å². The first kappa shape index (κ1) is 15.1. The lowest BCUT2D eigenvalue weighted by molar-refractivity contribution is 0.306. The van der Waals surface area contributed by atoms with Crippen LogP contribution in [-0.4, -0.2) is 26.1 Å². The van der Waals surface area contributed by atoms with Crippen molar-refractivity contribution in [1.82, 2.24) is 0 Å². The highest BCUT2D eigenvalue weighted by Gasteiger charge is 2.14. The average Bonchev–Trinajstić information content (AvgIpc) is 3.01. The van der Waals surface area contributed by atoms with Crippen molar-refractivity contribution in [2.75, 3.05) is 11.3 Å². The number of rotatable bonds is 6. The molecule has 0 aliphatic heterocycles. The maximum atomic E-state index is 12.0. The van der Waals surface area contributed by atoms with Crippen LogP contribution >= 0.6 is 11.3 Å². The first-order chi connectivity index (χ1) is 10.0. The third-order valence-corrected chi connectivity index (χ3v) is 5.16. The highest BCUT2D eigenvalue weighted by molar-refractivity contribution is 7.94. The number of hydrogen-bond acceptors (Lipinski definition) is 6. The minimum Gasteiger partial charge on any atom is -0.486 e. The number of hydrogen-bond donors (Lipinski definition) is 3. The molecule has 1 heterocycles. The van der Waals surface area contributed by atoms with Crippen LogP contribution in [0.3, 0.4) is 0 Å². The molecule has 1 aromatic heterocycles. The van der Waals surface area contributed by atoms with Gasteiger partial charge in [-0.3, -0.25) is 4.72 Å². The fraction of sp³-hybridized carbons (Fsp3) is 0.0833. The molecule has 0 unspecified atom stereocenters. The zero-order chi connectivity index (χ0) is 15.3. The molecule has 0 spiro atoms. The zero-order valence-electron chi connectivity index (χ0n) is 10.8. The van der Waals surface area contributed by atoms with Gasteiger partial charge in [0.2, 0.25) is 0 Å². The molecule has 0 fully saturated rings. The van der Waals surface area contributed by atoms with Crippen LogP contribution in [0.15, 0.2) is 51.1 Å². The predicted molar refractivity (Wildman–Crippen MR) is 80.5 cm³/mol. The number of oxime groups is 1. The molecular formula is C12H13N3O4S2. The molecule has 21 heavy (non-hydrogen) atoms. The molecule has 7 nitrogen and oxygen atoms in total. The van der Waals surface area contributed by atoms with E-state index >= 15 is 0 Å². The maximum absolute atomic E-state index is 12.0. The molecule has 0 bridgehead atoms. The topological polar surface area (TPSA) is 114 Å². The van der Waals surface area contributed by atoms with Crippen LogP contribution in [0.1, 0.15) is 0 Å². The van der Waals surface area contributed by atoms with Gasteiger partial charge in [-0.15, -0.1) is 11.3 Å². The minimum atomic E-state index is -3.56. The smallest absolute Gasteiger partial charge is 0.271 e. The summed E-state index contributed by atoms with van der Waals surface area (Å²) in [6.07, 6.45) is 0. The summed E-state index contributed by atoms with van der Waals surface area (Å²) in [6.45, 7) is -0.0588. The Bertz CT molecular complexity index is 709. The van der Waals surface area contributed by atoms with E-state index in [9.17, 15) is 8.42 Å². The third-order valence-electron chi connectivity index (χ3n) is 2.38. The van der Waals surface area contributed by atoms with Crippen LogP contribution in [0.2, 0.25) is 0 Å². The van der Waals surface area contributed by atoms with Crippen molar-refractivity contribution in [1.29, 1.82) is 0 Å². The van der Waals surface area contributed by atoms with Gasteiger partial charge < -0.3 is 15.7 Å². The molecule has 0 atom stereocenters. The number of nitrogens with one attached hydrogen (secondary N) is 1. The summed E-state index contributed by atoms with van der Waals surface area (Å²) >= 11 is 1.14. The second-order valence-corrected chi connectivity index (χ2v) is 6.80. The Morgan fingerprint density at radius 2 is 2.05 bits per heavy atom. The van der Waals surface area contributed by atoms with E-state index in [2.05, 4.69) is 9.88 Å². The highest BCUT2D eigenvalue weighted by atomic mass is 32.2. The molecule has 4 N–H and O–H groups in total. The van der Waals surface area contributed by atoms with Crippen molar-refractivity contribution in [3.63, 3.8) is 0 Å². The zero-order valence-corrected chi connectivity index (χ0v) is 12.4. The van der Waals surface area contributed by atoms with Crippen LogP contribution < -0.4 is 15.2 Å². The second-order valence-electron chi connectivity index (χ2n) is 3.94. The van der Waals surface area contributed by atoms with Crippen molar-refractivity contribution >= 4 is 32.9 Å². The van der Waals surface area contributed by atoms with Gasteiger partial charge in [-0.25, -0.2) is 8.42 Å². The van der Waals surface area contributed by atoms with E-state index < -0.39 is 10.0 Å². The first-order valence-corrected chi connectivity index (χ1v) is 8.13. The van der Waals surface area contributed by atoms with Crippen molar-refractivity contribution in [3.8, 4) is 5.75 Å². The molecule has 0 aliphatic carbocycles. The number of anilines is 1. The summed E-state index contributed by atoms with van der Waals surface area (Å²) in [6, 6.07) is 9.48. The van der Waals surface area contributed by atoms with Crippen molar-refractivity contribution in [3.05, 3.63) is 41.8 Å². The minimum absolute atomic E-state index is 0.0579. The average molecular weight is 327 g/mol. The Balaban J connectivity index is 2.03. The van der Waals surface area contributed by atoms with Crippen LogP contribution in [0, 0.1) is 0 Å². The molecule has 2 aromatic rings. The molecule has 0 amide bonds. The standard InChI is InChI=1S/C12H13N3O4S2/c13-11(14-16)8-19-10-5-3-9(4-6-10)15-21(17,18)12-2-1-7-20-12/h1-7,15-16H,8H2,(H2,13,14). The van der Waals surface area contributed by atoms with E-state index in [1.165, 1.54) is 6.07 Å². The Kier molecular flexibility index (Phi) is 4.66. The molecule has 0 saturated heterocycles. The molecule has 112 valence electrons. The predicted octanol–water partition coefficient (Wildman–Crippen LogP) is 1.67. The van der Waals surface area contributed by atoms with Gasteiger partial charge in [-0.2, -0.15) is 0 Å². The fourth-order valence-electron chi connectivity index (χ4n) is 1.43. The number of sulfonamides is 1. The van der Waals surface area contributed by atoms with Crippen molar-refractivity contribution in [2.45, 2.75) is 4.21 Å². The summed E-state index contributed by atoms with van der Waals surface area (Å²) in [5.74, 6) is 0.415. The lowest BCUT2D eigenvalue weighted by Gasteiger charge is -2.08. The quantitative estimate of drug-likeness (QED) is 0.323. The van der Waals surface area contributed by atoms with E-state index in [0.717, 1.165) is 11.3 Å². The van der Waals surface area contributed by atoms with E-state index in [4.69, 9.17) is 15.7 Å². The van der Waals surface area contributed by atoms with Gasteiger partial charge >= 0.3 is 0 Å². The summed E-state index contributed by atoms with van der Waals surface area (Å²) in [5, 5.41) is 12.9. The molecule has 9 heteroatoms. The number of ether oxygens (including phenoxy) is 1. The summed E-state index contributed by atoms with van der Waals surface area (Å²) < 4.78 is 32.0. The molecule has 1 aromatic carbocycles. The van der Waals surface area contributed by atoms with Gasteiger partial charge in [0.15, 0.2) is 5.84 Å². The number of amidine groups is 1. The van der Waals surface area contributed by atoms with Crippen molar-refractivity contribution in [2.24, 2.45) is 10.9 Å². The summed E-state index contributed by atoms with van der Waals surface area (Å²) in [5.41, 5.74) is 5.69. The van der Waals surface area contributed by atoms with Crippen molar-refractivity contribution < 1.29 is 18.4 Å². The van der Waals surface area contributed by atoms with E-state index in [1.807, 2.05) is 0 Å². The molecule has 0 radical (unpaired) electrons. The van der Waals surface area contributed by atoms with Crippen LogP contribution in [0.5, 0.6) is 5.75 Å². The lowest BCUT2D eigenvalue weighted by Crippen LogP contribution is -2.20. The van der Waals surface area contributed by atoms with Crippen LogP contribution in [-0.2, 0) is 10.0 Å². The van der Waals surface area contributed by atoms with Gasteiger partial charge in [0, 0.05) is 5.69 Å². The second kappa shape index (κ2) is 6.46. The molecule has 0 aliphatic rings. The van der Waals surface area contributed by atoms with E-state index in [0.29, 0.717) is 11.4 Å². The van der Waals surface area contributed by atoms with E-state index in [1.54, 1.807) is 35.7 Å². The van der Waals surface area contributed by atoms with Crippen LogP contribution in [0.4, 0.5) is 5.69 Å². The number of thiophene rings is 1. The van der Waals surface area contributed by atoms with Gasteiger partial charge in [-0.1, -0.05) is 11.2 Å². The van der Waals surface area contributed by atoms with E-state index in [-0.39, 0.29) is 16.7 Å². The summed E-state index contributed by atoms with van der Waals surface area (Å²) in [7, 11) is -3.56. The normalized spacial score (nSPS) is 12.1. The fourth-order valence-corrected chi connectivity index (χ4v) is 3.48. The Morgan fingerprint density at radius 1 is 1.33 bits per heavy atom. The SMILES string of the molecule is N/C(COc1ccc(NS(=O)(=O)c2cccs2)cc1)=N\O. The van der Waals surface area contributed by atoms with Gasteiger partial charge in [0.05, 0.1) is 0 Å². The van der Waals surface area contributed by atoms with Crippen LogP contribution in [0.25, 0.3) is 0 Å². The molecule has 0 saturated carbocycles. The highest BCUT2D eigenvalue weighted by Crippen LogP contribution is 2.21. The third kappa shape index (κ3) is 4.10. The first-order valence-electron chi connectivity index (χ1n) is 5.77. The Labute approximate surface area is 125 Å². The summed E-state index contributed by atoms with van der Waals surface area (Å²) in [4.78, 5) is 0. The lowest BCUT2D eigenvalue weighted by atomic mass is 10.3. The Hall–Kier alpha value is -2.26. The van der Waals surface area contributed by atoms with Gasteiger partial charge in [0.1, 0.15) is 16.6 Å². The maximum Gasteiger partial charge on any atom is 0.271 e. The largest absolute Gasteiger partial charge is 0.486 e. The number of nitrogens with zero attached hydrogens (tertiary/aromatic N) is 1. The number of nitrogens with two attached hydrogens (primary N) is 1. The van der Waals surface area contributed by atoms with Gasteiger partial charge in [0.25, 0.3) is 10.0 Å². The molecular weight excluding hydrogens is 314 g/mol. The molecule has 2 rings (SSSR count).